The van der Waals surface area contributed by atoms with E-state index in [-0.39, 0.29) is 6.10 Å². The summed E-state index contributed by atoms with van der Waals surface area (Å²) < 4.78 is 15.7. The first kappa shape index (κ1) is 12.1. The molecule has 0 aliphatic heterocycles. The average molecular weight is 227 g/mol. The van der Waals surface area contributed by atoms with Gasteiger partial charge in [0.05, 0.1) is 12.3 Å². The first-order valence-electron chi connectivity index (χ1n) is 4.34. The van der Waals surface area contributed by atoms with Gasteiger partial charge in [0.15, 0.2) is 0 Å². The molecule has 2 unspecified atom stereocenters. The molecule has 0 saturated heterocycles. The molecule has 0 aromatic heterocycles. The predicted octanol–water partition coefficient (Wildman–Crippen LogP) is 1.55. The van der Waals surface area contributed by atoms with Crippen molar-refractivity contribution in [2.45, 2.75) is 11.8 Å². The minimum Gasteiger partial charge on any atom is -0.497 e. The van der Waals surface area contributed by atoms with E-state index in [0.29, 0.717) is 5.76 Å². The highest BCUT2D eigenvalue weighted by molar-refractivity contribution is 7.78. The molecule has 0 bridgehead atoms. The molecular weight excluding hydrogens is 214 g/mol. The van der Waals surface area contributed by atoms with Crippen molar-refractivity contribution < 1.29 is 14.2 Å². The van der Waals surface area contributed by atoms with Crippen LogP contribution in [-0.4, -0.2) is 38.3 Å². The summed E-state index contributed by atoms with van der Waals surface area (Å²) >= 11 is 4.59. The highest BCUT2D eigenvalue weighted by atomic mass is 32.1. The lowest BCUT2D eigenvalue weighted by molar-refractivity contribution is -0.0619. The lowest BCUT2D eigenvalue weighted by Gasteiger charge is -2.32. The van der Waals surface area contributed by atoms with Gasteiger partial charge in [-0.05, 0) is 30.4 Å². The molecule has 0 spiro atoms. The number of methoxy groups -OCH3 is 3. The molecule has 0 aromatic carbocycles. The lowest BCUT2D eigenvalue weighted by atomic mass is 10.0. The second kappa shape index (κ2) is 5.19. The van der Waals surface area contributed by atoms with Crippen LogP contribution < -0.4 is 0 Å². The molecular formula is C10H13NO3S. The number of hydrogen-bond donors (Lipinski definition) is 0. The topological polar surface area (TPSA) is 40.0 Å². The highest BCUT2D eigenvalue weighted by Gasteiger charge is 2.38. The Hall–Kier alpha value is -1.00. The summed E-state index contributed by atoms with van der Waals surface area (Å²) in [5.41, 5.74) is -0.932. The van der Waals surface area contributed by atoms with Crippen molar-refractivity contribution in [1.29, 1.82) is 0 Å². The van der Waals surface area contributed by atoms with E-state index in [1.54, 1.807) is 32.4 Å². The minimum atomic E-state index is -0.932. The molecule has 0 heterocycles. The fourth-order valence-electron chi connectivity index (χ4n) is 1.40. The molecule has 0 fully saturated rings. The number of hydrogen-bond acceptors (Lipinski definition) is 5. The van der Waals surface area contributed by atoms with E-state index in [2.05, 4.69) is 22.4 Å². The van der Waals surface area contributed by atoms with E-state index in [4.69, 9.17) is 14.2 Å². The van der Waals surface area contributed by atoms with Gasteiger partial charge in [0, 0.05) is 14.2 Å². The molecule has 0 aromatic rings. The standard InChI is InChI=1S/C10H13NO3S/c1-12-8-4-5-10(14-3,11-7-15)9(6-8)13-2/h4-6,9H,1-3H3. The Balaban J connectivity index is 3.06. The number of isothiocyanates is 1. The summed E-state index contributed by atoms with van der Waals surface area (Å²) in [6, 6.07) is 0. The summed E-state index contributed by atoms with van der Waals surface area (Å²) in [6.07, 6.45) is 4.90. The molecule has 4 nitrogen and oxygen atoms in total. The van der Waals surface area contributed by atoms with Crippen molar-refractivity contribution >= 4 is 17.4 Å². The maximum atomic E-state index is 5.31. The zero-order chi connectivity index (χ0) is 11.3. The van der Waals surface area contributed by atoms with Crippen molar-refractivity contribution in [2.75, 3.05) is 21.3 Å². The molecule has 0 N–H and O–H groups in total. The van der Waals surface area contributed by atoms with Crippen LogP contribution in [0.25, 0.3) is 0 Å². The van der Waals surface area contributed by atoms with E-state index in [1.807, 2.05) is 0 Å². The summed E-state index contributed by atoms with van der Waals surface area (Å²) in [5, 5.41) is 2.31. The van der Waals surface area contributed by atoms with Crippen molar-refractivity contribution in [1.82, 2.24) is 0 Å². The number of nitrogens with zero attached hydrogens (tertiary/aromatic N) is 1. The maximum absolute atomic E-state index is 5.31. The van der Waals surface area contributed by atoms with Gasteiger partial charge in [-0.1, -0.05) is 0 Å². The smallest absolute Gasteiger partial charge is 0.217 e. The molecule has 1 aliphatic rings. The number of allylic oxidation sites excluding steroid dienone is 1. The quantitative estimate of drug-likeness (QED) is 0.539. The second-order valence-electron chi connectivity index (χ2n) is 2.92. The van der Waals surface area contributed by atoms with Crippen LogP contribution in [0.2, 0.25) is 0 Å². The van der Waals surface area contributed by atoms with Gasteiger partial charge in [0.2, 0.25) is 5.72 Å². The fourth-order valence-corrected chi connectivity index (χ4v) is 1.54. The van der Waals surface area contributed by atoms with Crippen LogP contribution in [0.5, 0.6) is 0 Å². The Labute approximate surface area is 94.2 Å². The molecule has 0 amide bonds. The summed E-state index contributed by atoms with van der Waals surface area (Å²) in [7, 11) is 4.70. The van der Waals surface area contributed by atoms with E-state index in [0.717, 1.165) is 0 Å². The van der Waals surface area contributed by atoms with Gasteiger partial charge in [-0.25, -0.2) is 0 Å². The van der Waals surface area contributed by atoms with Gasteiger partial charge in [0.1, 0.15) is 11.9 Å². The third-order valence-electron chi connectivity index (χ3n) is 2.25. The lowest BCUT2D eigenvalue weighted by Crippen LogP contribution is -2.42. The van der Waals surface area contributed by atoms with E-state index >= 15 is 0 Å². The van der Waals surface area contributed by atoms with Crippen molar-refractivity contribution in [3.63, 3.8) is 0 Å². The van der Waals surface area contributed by atoms with Crippen LogP contribution in [0.15, 0.2) is 29.0 Å². The van der Waals surface area contributed by atoms with Gasteiger partial charge in [-0.2, -0.15) is 4.99 Å². The molecule has 0 radical (unpaired) electrons. The van der Waals surface area contributed by atoms with Crippen molar-refractivity contribution in [3.8, 4) is 0 Å². The van der Waals surface area contributed by atoms with E-state index in [9.17, 15) is 0 Å². The van der Waals surface area contributed by atoms with Crippen molar-refractivity contribution in [2.24, 2.45) is 4.99 Å². The van der Waals surface area contributed by atoms with Gasteiger partial charge in [-0.15, -0.1) is 0 Å². The molecule has 5 heteroatoms. The molecule has 15 heavy (non-hydrogen) atoms. The normalized spacial score (nSPS) is 29.3. The Morgan fingerprint density at radius 2 is 2.20 bits per heavy atom. The number of thiocarbonyl (C=S) groups is 1. The second-order valence-corrected chi connectivity index (χ2v) is 3.10. The predicted molar refractivity (Wildman–Crippen MR) is 59.8 cm³/mol. The van der Waals surface area contributed by atoms with Gasteiger partial charge >= 0.3 is 0 Å². The average Bonchev–Trinajstić information content (AvgIpc) is 2.29. The first-order chi connectivity index (χ1) is 7.22. The molecule has 1 rings (SSSR count). The van der Waals surface area contributed by atoms with Gasteiger partial charge < -0.3 is 14.2 Å². The number of ether oxygens (including phenoxy) is 3. The third kappa shape index (κ3) is 2.33. The van der Waals surface area contributed by atoms with Crippen LogP contribution in [0.4, 0.5) is 0 Å². The summed E-state index contributed by atoms with van der Waals surface area (Å²) in [5.74, 6) is 0.703. The first-order valence-corrected chi connectivity index (χ1v) is 4.75. The Bertz CT molecular complexity index is 334. The maximum Gasteiger partial charge on any atom is 0.217 e. The Morgan fingerprint density at radius 1 is 1.47 bits per heavy atom. The van der Waals surface area contributed by atoms with Crippen LogP contribution in [0.3, 0.4) is 0 Å². The largest absolute Gasteiger partial charge is 0.497 e. The zero-order valence-corrected chi connectivity index (χ0v) is 9.71. The van der Waals surface area contributed by atoms with Crippen LogP contribution in [0, 0.1) is 0 Å². The zero-order valence-electron chi connectivity index (χ0n) is 8.89. The number of aliphatic imine (C=N–C) groups is 1. The molecule has 82 valence electrons. The van der Waals surface area contributed by atoms with Gasteiger partial charge in [-0.3, -0.25) is 0 Å². The fraction of sp³-hybridized carbons (Fsp3) is 0.500. The Morgan fingerprint density at radius 3 is 2.67 bits per heavy atom. The van der Waals surface area contributed by atoms with Crippen molar-refractivity contribution in [3.05, 3.63) is 24.0 Å². The monoisotopic (exact) mass is 227 g/mol. The SMILES string of the molecule is COC1=CC(OC)C(N=C=S)(OC)C=C1. The van der Waals surface area contributed by atoms with E-state index < -0.39 is 5.72 Å². The van der Waals surface area contributed by atoms with Crippen LogP contribution in [0.1, 0.15) is 0 Å². The van der Waals surface area contributed by atoms with Gasteiger partial charge in [0.25, 0.3) is 0 Å². The minimum absolute atomic E-state index is 0.377. The highest BCUT2D eigenvalue weighted by Crippen LogP contribution is 2.28. The summed E-state index contributed by atoms with van der Waals surface area (Å²) in [6.45, 7) is 0. The molecule has 1 aliphatic carbocycles. The van der Waals surface area contributed by atoms with Crippen LogP contribution in [-0.2, 0) is 14.2 Å². The Kier molecular flexibility index (Phi) is 4.17. The molecule has 0 saturated carbocycles. The van der Waals surface area contributed by atoms with E-state index in [1.165, 1.54) is 7.11 Å². The summed E-state index contributed by atoms with van der Waals surface area (Å²) in [4.78, 5) is 3.99. The van der Waals surface area contributed by atoms with Crippen LogP contribution >= 0.6 is 12.2 Å². The molecule has 2 atom stereocenters. The number of rotatable bonds is 4. The third-order valence-corrected chi connectivity index (χ3v) is 2.34.